The van der Waals surface area contributed by atoms with Crippen LogP contribution in [0.1, 0.15) is 51.5 Å². The Labute approximate surface area is 124 Å². The van der Waals surface area contributed by atoms with Crippen LogP contribution < -0.4 is 10.2 Å². The van der Waals surface area contributed by atoms with Crippen molar-refractivity contribution in [2.75, 3.05) is 24.5 Å². The van der Waals surface area contributed by atoms with Gasteiger partial charge in [-0.2, -0.15) is 0 Å². The fourth-order valence-corrected chi connectivity index (χ4v) is 3.21. The predicted molar refractivity (Wildman–Crippen MR) is 88.3 cm³/mol. The van der Waals surface area contributed by atoms with Crippen LogP contribution in [0, 0.1) is 5.92 Å². The van der Waals surface area contributed by atoms with E-state index < -0.39 is 0 Å². The minimum atomic E-state index is 0.957. The van der Waals surface area contributed by atoms with Crippen LogP contribution >= 0.6 is 0 Å². The zero-order valence-corrected chi connectivity index (χ0v) is 13.2. The van der Waals surface area contributed by atoms with Crippen LogP contribution in [-0.2, 0) is 6.54 Å². The fourth-order valence-electron chi connectivity index (χ4n) is 3.21. The number of anilines is 1. The summed E-state index contributed by atoms with van der Waals surface area (Å²) in [5.74, 6) is 0.957. The molecule has 2 rings (SSSR count). The first kappa shape index (κ1) is 15.4. The van der Waals surface area contributed by atoms with Gasteiger partial charge in [-0.1, -0.05) is 38.8 Å². The van der Waals surface area contributed by atoms with Gasteiger partial charge >= 0.3 is 0 Å². The van der Waals surface area contributed by atoms with E-state index in [1.54, 1.807) is 0 Å². The third kappa shape index (κ3) is 4.52. The molecule has 1 fully saturated rings. The molecule has 0 saturated carbocycles. The molecule has 1 saturated heterocycles. The lowest BCUT2D eigenvalue weighted by Crippen LogP contribution is -2.24. The Morgan fingerprint density at radius 3 is 2.60 bits per heavy atom. The topological polar surface area (TPSA) is 15.3 Å². The van der Waals surface area contributed by atoms with Crippen molar-refractivity contribution in [2.45, 2.75) is 52.5 Å². The van der Waals surface area contributed by atoms with Crippen molar-refractivity contribution in [3.05, 3.63) is 29.8 Å². The maximum atomic E-state index is 3.38. The summed E-state index contributed by atoms with van der Waals surface area (Å²) in [4.78, 5) is 2.58. The molecule has 2 heteroatoms. The molecule has 1 heterocycles. The first-order chi connectivity index (χ1) is 9.83. The number of rotatable bonds is 6. The summed E-state index contributed by atoms with van der Waals surface area (Å²) in [7, 11) is 0. The molecule has 1 unspecified atom stereocenters. The summed E-state index contributed by atoms with van der Waals surface area (Å²) in [6.45, 7) is 8.94. The SMILES string of the molecule is CCCC1CCCN(c2ccc(CNCC)cc2)CC1. The van der Waals surface area contributed by atoms with Gasteiger partial charge in [0.2, 0.25) is 0 Å². The molecule has 1 aromatic rings. The zero-order chi connectivity index (χ0) is 14.2. The summed E-state index contributed by atoms with van der Waals surface area (Å²) < 4.78 is 0. The minimum Gasteiger partial charge on any atom is -0.372 e. The van der Waals surface area contributed by atoms with Gasteiger partial charge in [-0.25, -0.2) is 0 Å². The van der Waals surface area contributed by atoms with Crippen LogP contribution in [0.4, 0.5) is 5.69 Å². The standard InChI is InChI=1S/C18H30N2/c1-3-6-16-7-5-13-20(14-12-16)18-10-8-17(9-11-18)15-19-4-2/h8-11,16,19H,3-7,12-15H2,1-2H3. The van der Waals surface area contributed by atoms with Gasteiger partial charge in [-0.15, -0.1) is 0 Å². The van der Waals surface area contributed by atoms with E-state index in [0.717, 1.165) is 19.0 Å². The maximum Gasteiger partial charge on any atom is 0.0366 e. The van der Waals surface area contributed by atoms with Crippen LogP contribution in [-0.4, -0.2) is 19.6 Å². The molecule has 0 radical (unpaired) electrons. The lowest BCUT2D eigenvalue weighted by molar-refractivity contribution is 0.435. The Bertz CT molecular complexity index is 372. The van der Waals surface area contributed by atoms with Crippen LogP contribution in [0.25, 0.3) is 0 Å². The van der Waals surface area contributed by atoms with E-state index in [1.165, 1.54) is 56.4 Å². The van der Waals surface area contributed by atoms with Gasteiger partial charge in [-0.3, -0.25) is 0 Å². The molecule has 112 valence electrons. The Morgan fingerprint density at radius 2 is 1.90 bits per heavy atom. The van der Waals surface area contributed by atoms with E-state index in [0.29, 0.717) is 0 Å². The van der Waals surface area contributed by atoms with Gasteiger partial charge in [0.05, 0.1) is 0 Å². The van der Waals surface area contributed by atoms with Gasteiger partial charge in [0.25, 0.3) is 0 Å². The second-order valence-electron chi connectivity index (χ2n) is 6.02. The molecule has 0 aromatic heterocycles. The number of hydrogen-bond donors (Lipinski definition) is 1. The van der Waals surface area contributed by atoms with Gasteiger partial charge in [0, 0.05) is 25.3 Å². The van der Waals surface area contributed by atoms with E-state index in [1.807, 2.05) is 0 Å². The highest BCUT2D eigenvalue weighted by atomic mass is 15.1. The number of nitrogens with one attached hydrogen (secondary N) is 1. The van der Waals surface area contributed by atoms with Crippen molar-refractivity contribution < 1.29 is 0 Å². The fraction of sp³-hybridized carbons (Fsp3) is 0.667. The lowest BCUT2D eigenvalue weighted by atomic mass is 9.96. The zero-order valence-electron chi connectivity index (χ0n) is 13.2. The second-order valence-corrected chi connectivity index (χ2v) is 6.02. The molecule has 1 aromatic carbocycles. The average molecular weight is 274 g/mol. The molecule has 2 nitrogen and oxygen atoms in total. The second kappa shape index (κ2) is 8.31. The number of benzene rings is 1. The summed E-state index contributed by atoms with van der Waals surface area (Å²) in [6.07, 6.45) is 6.89. The molecule has 1 N–H and O–H groups in total. The molecule has 0 bridgehead atoms. The van der Waals surface area contributed by atoms with Crippen LogP contribution in [0.15, 0.2) is 24.3 Å². The van der Waals surface area contributed by atoms with E-state index in [-0.39, 0.29) is 0 Å². The van der Waals surface area contributed by atoms with Crippen LogP contribution in [0.2, 0.25) is 0 Å². The Morgan fingerprint density at radius 1 is 1.10 bits per heavy atom. The Kier molecular flexibility index (Phi) is 6.38. The number of hydrogen-bond acceptors (Lipinski definition) is 2. The summed E-state index contributed by atoms with van der Waals surface area (Å²) in [5.41, 5.74) is 2.79. The third-order valence-electron chi connectivity index (χ3n) is 4.43. The molecule has 20 heavy (non-hydrogen) atoms. The molecule has 0 amide bonds. The average Bonchev–Trinajstić information content (AvgIpc) is 2.72. The number of nitrogens with zero attached hydrogens (tertiary/aromatic N) is 1. The van der Waals surface area contributed by atoms with E-state index >= 15 is 0 Å². The Balaban J connectivity index is 1.90. The highest BCUT2D eigenvalue weighted by Gasteiger charge is 2.16. The summed E-state index contributed by atoms with van der Waals surface area (Å²) in [6, 6.07) is 9.14. The van der Waals surface area contributed by atoms with Crippen molar-refractivity contribution in [1.82, 2.24) is 5.32 Å². The normalized spacial score (nSPS) is 19.9. The molecule has 1 atom stereocenters. The van der Waals surface area contributed by atoms with Crippen LogP contribution in [0.3, 0.4) is 0 Å². The maximum absolute atomic E-state index is 3.38. The molecular weight excluding hydrogens is 244 g/mol. The quantitative estimate of drug-likeness (QED) is 0.836. The van der Waals surface area contributed by atoms with Crippen molar-refractivity contribution in [3.8, 4) is 0 Å². The Hall–Kier alpha value is -1.02. The van der Waals surface area contributed by atoms with Gasteiger partial charge < -0.3 is 10.2 Å². The van der Waals surface area contributed by atoms with E-state index in [2.05, 4.69) is 48.3 Å². The first-order valence-electron chi connectivity index (χ1n) is 8.38. The minimum absolute atomic E-state index is 0.957. The molecule has 0 aliphatic carbocycles. The molecule has 1 aliphatic rings. The van der Waals surface area contributed by atoms with Crippen LogP contribution in [0.5, 0.6) is 0 Å². The van der Waals surface area contributed by atoms with Crippen molar-refractivity contribution in [2.24, 2.45) is 5.92 Å². The summed E-state index contributed by atoms with van der Waals surface area (Å²) in [5, 5.41) is 3.38. The van der Waals surface area contributed by atoms with Crippen molar-refractivity contribution >= 4 is 5.69 Å². The molecule has 1 aliphatic heterocycles. The van der Waals surface area contributed by atoms with Gasteiger partial charge in [0.15, 0.2) is 0 Å². The molecular formula is C18H30N2. The third-order valence-corrected chi connectivity index (χ3v) is 4.43. The molecule has 0 spiro atoms. The van der Waals surface area contributed by atoms with Crippen molar-refractivity contribution in [3.63, 3.8) is 0 Å². The van der Waals surface area contributed by atoms with E-state index in [4.69, 9.17) is 0 Å². The highest BCUT2D eigenvalue weighted by molar-refractivity contribution is 5.47. The smallest absolute Gasteiger partial charge is 0.0366 e. The monoisotopic (exact) mass is 274 g/mol. The summed E-state index contributed by atoms with van der Waals surface area (Å²) >= 11 is 0. The van der Waals surface area contributed by atoms with E-state index in [9.17, 15) is 0 Å². The lowest BCUT2D eigenvalue weighted by Gasteiger charge is -2.23. The predicted octanol–water partition coefficient (Wildman–Crippen LogP) is 4.20. The van der Waals surface area contributed by atoms with Crippen molar-refractivity contribution in [1.29, 1.82) is 0 Å². The van der Waals surface area contributed by atoms with Gasteiger partial charge in [0.1, 0.15) is 0 Å². The highest BCUT2D eigenvalue weighted by Crippen LogP contribution is 2.25. The van der Waals surface area contributed by atoms with Gasteiger partial charge in [-0.05, 0) is 49.4 Å². The largest absolute Gasteiger partial charge is 0.372 e. The first-order valence-corrected chi connectivity index (χ1v) is 8.38.